The van der Waals surface area contributed by atoms with E-state index in [4.69, 9.17) is 0 Å². The van der Waals surface area contributed by atoms with E-state index in [1.54, 1.807) is 6.20 Å². The van der Waals surface area contributed by atoms with Gasteiger partial charge in [0.15, 0.2) is 11.5 Å². The fourth-order valence-corrected chi connectivity index (χ4v) is 1.36. The van der Waals surface area contributed by atoms with Crippen molar-refractivity contribution in [2.45, 2.75) is 19.9 Å². The summed E-state index contributed by atoms with van der Waals surface area (Å²) in [6.45, 7) is 5.35. The largest absolute Gasteiger partial charge is 0.366 e. The number of rotatable bonds is 6. The van der Waals surface area contributed by atoms with Gasteiger partial charge in [0, 0.05) is 31.5 Å². The van der Waals surface area contributed by atoms with Crippen LogP contribution < -0.4 is 10.6 Å². The number of anilines is 1. The van der Waals surface area contributed by atoms with Gasteiger partial charge >= 0.3 is 0 Å². The molecule has 0 fully saturated rings. The fourth-order valence-electron chi connectivity index (χ4n) is 1.36. The van der Waals surface area contributed by atoms with Gasteiger partial charge in [0.05, 0.1) is 0 Å². The first-order valence-electron chi connectivity index (χ1n) is 6.01. The van der Waals surface area contributed by atoms with Crippen LogP contribution in [0.1, 0.15) is 24.3 Å². The number of carbonyl (C=O) groups excluding carboxylic acids is 1. The van der Waals surface area contributed by atoms with Gasteiger partial charge in [-0.15, -0.1) is 0 Å². The standard InChI is InChI=1S/C12H21N5O/c1-9(2)16-11-10(13-5-6-14-11)12(18)15-7-8-17(3)4/h5-6,9H,7-8H2,1-4H3,(H,14,16)(H,15,18). The Bertz CT molecular complexity index is 392. The Kier molecular flexibility index (Phi) is 5.51. The number of hydrogen-bond acceptors (Lipinski definition) is 5. The summed E-state index contributed by atoms with van der Waals surface area (Å²) >= 11 is 0. The molecule has 0 aliphatic rings. The zero-order chi connectivity index (χ0) is 13.5. The molecular formula is C12H21N5O. The Morgan fingerprint density at radius 2 is 2.00 bits per heavy atom. The first-order valence-corrected chi connectivity index (χ1v) is 6.01. The van der Waals surface area contributed by atoms with E-state index in [1.165, 1.54) is 6.20 Å². The molecule has 0 spiro atoms. The van der Waals surface area contributed by atoms with Gasteiger partial charge < -0.3 is 15.5 Å². The number of carbonyl (C=O) groups is 1. The maximum atomic E-state index is 12.0. The molecule has 1 aromatic rings. The monoisotopic (exact) mass is 251 g/mol. The Morgan fingerprint density at radius 3 is 2.61 bits per heavy atom. The molecule has 0 unspecified atom stereocenters. The number of nitrogens with zero attached hydrogens (tertiary/aromatic N) is 3. The average Bonchev–Trinajstić information content (AvgIpc) is 2.28. The van der Waals surface area contributed by atoms with E-state index >= 15 is 0 Å². The van der Waals surface area contributed by atoms with Crippen LogP contribution >= 0.6 is 0 Å². The van der Waals surface area contributed by atoms with Crippen molar-refractivity contribution in [3.8, 4) is 0 Å². The van der Waals surface area contributed by atoms with Crippen molar-refractivity contribution >= 4 is 11.7 Å². The van der Waals surface area contributed by atoms with E-state index < -0.39 is 0 Å². The first-order chi connectivity index (χ1) is 8.50. The highest BCUT2D eigenvalue weighted by Gasteiger charge is 2.14. The van der Waals surface area contributed by atoms with Gasteiger partial charge in [0.25, 0.3) is 5.91 Å². The van der Waals surface area contributed by atoms with Crippen LogP contribution in [0.25, 0.3) is 0 Å². The summed E-state index contributed by atoms with van der Waals surface area (Å²) in [4.78, 5) is 22.2. The molecule has 0 radical (unpaired) electrons. The quantitative estimate of drug-likeness (QED) is 0.774. The highest BCUT2D eigenvalue weighted by molar-refractivity contribution is 5.96. The molecule has 0 bridgehead atoms. The number of nitrogens with one attached hydrogen (secondary N) is 2. The Labute approximate surface area is 108 Å². The highest BCUT2D eigenvalue weighted by atomic mass is 16.1. The van der Waals surface area contributed by atoms with Gasteiger partial charge in [-0.2, -0.15) is 0 Å². The summed E-state index contributed by atoms with van der Waals surface area (Å²) in [6.07, 6.45) is 3.09. The van der Waals surface area contributed by atoms with E-state index in [2.05, 4.69) is 20.6 Å². The molecule has 100 valence electrons. The molecule has 6 nitrogen and oxygen atoms in total. The molecule has 1 rings (SSSR count). The second-order valence-corrected chi connectivity index (χ2v) is 4.61. The second kappa shape index (κ2) is 6.90. The Balaban J connectivity index is 2.66. The van der Waals surface area contributed by atoms with Crippen LogP contribution in [0.2, 0.25) is 0 Å². The molecule has 1 heterocycles. The maximum Gasteiger partial charge on any atom is 0.273 e. The Morgan fingerprint density at radius 1 is 1.33 bits per heavy atom. The topological polar surface area (TPSA) is 70.1 Å². The predicted octanol–water partition coefficient (Wildman–Crippen LogP) is 0.588. The summed E-state index contributed by atoms with van der Waals surface area (Å²) in [7, 11) is 3.92. The van der Waals surface area contributed by atoms with Crippen LogP contribution in [0.5, 0.6) is 0 Å². The Hall–Kier alpha value is -1.69. The molecule has 0 aromatic carbocycles. The summed E-state index contributed by atoms with van der Waals surface area (Å²) in [5.74, 6) is 0.322. The van der Waals surface area contributed by atoms with Crippen LogP contribution in [-0.2, 0) is 0 Å². The molecular weight excluding hydrogens is 230 g/mol. The van der Waals surface area contributed by atoms with Crippen molar-refractivity contribution in [1.29, 1.82) is 0 Å². The van der Waals surface area contributed by atoms with Crippen molar-refractivity contribution in [2.75, 3.05) is 32.5 Å². The van der Waals surface area contributed by atoms with Crippen LogP contribution in [0.3, 0.4) is 0 Å². The van der Waals surface area contributed by atoms with Gasteiger partial charge in [0.1, 0.15) is 0 Å². The lowest BCUT2D eigenvalue weighted by molar-refractivity contribution is 0.0946. The van der Waals surface area contributed by atoms with E-state index in [-0.39, 0.29) is 11.9 Å². The van der Waals surface area contributed by atoms with Crippen LogP contribution in [-0.4, -0.2) is 54.0 Å². The lowest BCUT2D eigenvalue weighted by Crippen LogP contribution is -2.32. The summed E-state index contributed by atoms with van der Waals surface area (Å²) in [6, 6.07) is 0.204. The van der Waals surface area contributed by atoms with Gasteiger partial charge in [-0.3, -0.25) is 4.79 Å². The average molecular weight is 251 g/mol. The number of aromatic nitrogens is 2. The molecule has 6 heteroatoms. The molecule has 0 saturated heterocycles. The van der Waals surface area contributed by atoms with Crippen molar-refractivity contribution in [1.82, 2.24) is 20.2 Å². The summed E-state index contributed by atoms with van der Waals surface area (Å²) in [5.41, 5.74) is 0.338. The lowest BCUT2D eigenvalue weighted by Gasteiger charge is -2.13. The SMILES string of the molecule is CC(C)Nc1nccnc1C(=O)NCCN(C)C. The van der Waals surface area contributed by atoms with E-state index in [0.29, 0.717) is 18.1 Å². The smallest absolute Gasteiger partial charge is 0.273 e. The van der Waals surface area contributed by atoms with Gasteiger partial charge in [0.2, 0.25) is 0 Å². The molecule has 0 aliphatic heterocycles. The third-order valence-electron chi connectivity index (χ3n) is 2.18. The minimum Gasteiger partial charge on any atom is -0.366 e. The zero-order valence-electron chi connectivity index (χ0n) is 11.4. The molecule has 0 saturated carbocycles. The minimum absolute atomic E-state index is 0.201. The lowest BCUT2D eigenvalue weighted by atomic mass is 10.3. The predicted molar refractivity (Wildman–Crippen MR) is 71.7 cm³/mol. The molecule has 0 atom stereocenters. The van der Waals surface area contributed by atoms with Crippen LogP contribution in [0.4, 0.5) is 5.82 Å². The van der Waals surface area contributed by atoms with E-state index in [9.17, 15) is 4.79 Å². The maximum absolute atomic E-state index is 12.0. The third kappa shape index (κ3) is 4.67. The molecule has 18 heavy (non-hydrogen) atoms. The van der Waals surface area contributed by atoms with Crippen molar-refractivity contribution in [3.63, 3.8) is 0 Å². The zero-order valence-corrected chi connectivity index (χ0v) is 11.4. The first kappa shape index (κ1) is 14.4. The second-order valence-electron chi connectivity index (χ2n) is 4.61. The molecule has 1 amide bonds. The third-order valence-corrected chi connectivity index (χ3v) is 2.18. The van der Waals surface area contributed by atoms with E-state index in [0.717, 1.165) is 6.54 Å². The number of likely N-dealkylation sites (N-methyl/N-ethyl adjacent to an activating group) is 1. The van der Waals surface area contributed by atoms with Gasteiger partial charge in [-0.25, -0.2) is 9.97 Å². The van der Waals surface area contributed by atoms with Crippen molar-refractivity contribution in [3.05, 3.63) is 18.1 Å². The molecule has 2 N–H and O–H groups in total. The van der Waals surface area contributed by atoms with E-state index in [1.807, 2.05) is 32.8 Å². The van der Waals surface area contributed by atoms with Crippen molar-refractivity contribution in [2.24, 2.45) is 0 Å². The normalized spacial score (nSPS) is 10.8. The van der Waals surface area contributed by atoms with Crippen LogP contribution in [0, 0.1) is 0 Å². The molecule has 1 aromatic heterocycles. The van der Waals surface area contributed by atoms with Gasteiger partial charge in [-0.1, -0.05) is 0 Å². The molecule has 0 aliphatic carbocycles. The van der Waals surface area contributed by atoms with Crippen LogP contribution in [0.15, 0.2) is 12.4 Å². The summed E-state index contributed by atoms with van der Waals surface area (Å²) in [5, 5.41) is 5.93. The highest BCUT2D eigenvalue weighted by Crippen LogP contribution is 2.09. The minimum atomic E-state index is -0.201. The van der Waals surface area contributed by atoms with Crippen molar-refractivity contribution < 1.29 is 4.79 Å². The van der Waals surface area contributed by atoms with Gasteiger partial charge in [-0.05, 0) is 27.9 Å². The fraction of sp³-hybridized carbons (Fsp3) is 0.583. The number of hydrogen-bond donors (Lipinski definition) is 2. The summed E-state index contributed by atoms with van der Waals surface area (Å²) < 4.78 is 0. The number of amides is 1.